The minimum absolute atomic E-state index is 0.527. The second-order valence-corrected chi connectivity index (χ2v) is 3.83. The van der Waals surface area contributed by atoms with Crippen LogP contribution in [0.1, 0.15) is 26.7 Å². The van der Waals surface area contributed by atoms with E-state index < -0.39 is 0 Å². The molecule has 1 saturated carbocycles. The molecule has 0 aromatic carbocycles. The Balaban J connectivity index is 1.96. The van der Waals surface area contributed by atoms with Crippen molar-refractivity contribution in [2.45, 2.75) is 38.8 Å². The molecule has 0 atom stereocenters. The summed E-state index contributed by atoms with van der Waals surface area (Å²) in [6, 6.07) is 0.724. The molecule has 2 heteroatoms. The van der Waals surface area contributed by atoms with Crippen LogP contribution in [-0.2, 0) is 4.74 Å². The molecule has 0 spiro atoms. The lowest BCUT2D eigenvalue weighted by atomic mass is 9.89. The predicted octanol–water partition coefficient (Wildman–Crippen LogP) is 1.41. The van der Waals surface area contributed by atoms with Crippen LogP contribution < -0.4 is 5.32 Å². The van der Waals surface area contributed by atoms with Gasteiger partial charge in [0.2, 0.25) is 0 Å². The summed E-state index contributed by atoms with van der Waals surface area (Å²) in [5.41, 5.74) is 0. The molecule has 1 aliphatic rings. The molecule has 66 valence electrons. The molecule has 2 nitrogen and oxygen atoms in total. The fraction of sp³-hybridized carbons (Fsp3) is 1.00. The van der Waals surface area contributed by atoms with E-state index in [2.05, 4.69) is 19.2 Å². The lowest BCUT2D eigenvalue weighted by Gasteiger charge is -2.35. The molecule has 0 amide bonds. The molecule has 0 heterocycles. The summed E-state index contributed by atoms with van der Waals surface area (Å²) >= 11 is 0. The van der Waals surface area contributed by atoms with Crippen molar-refractivity contribution < 1.29 is 4.74 Å². The van der Waals surface area contributed by atoms with Crippen LogP contribution in [0.15, 0.2) is 0 Å². The number of rotatable bonds is 4. The molecule has 11 heavy (non-hydrogen) atoms. The molecular formula is C9H19NO. The molecule has 0 aromatic rings. The van der Waals surface area contributed by atoms with Gasteiger partial charge in [0, 0.05) is 13.2 Å². The Morgan fingerprint density at radius 1 is 1.45 bits per heavy atom. The van der Waals surface area contributed by atoms with E-state index in [0.29, 0.717) is 6.10 Å². The highest BCUT2D eigenvalue weighted by atomic mass is 16.5. The number of hydrogen-bond acceptors (Lipinski definition) is 2. The van der Waals surface area contributed by atoms with Crippen molar-refractivity contribution in [2.75, 3.05) is 13.7 Å². The van der Waals surface area contributed by atoms with Gasteiger partial charge in [0.05, 0.1) is 6.10 Å². The Labute approximate surface area is 69.3 Å². The summed E-state index contributed by atoms with van der Waals surface area (Å²) in [7, 11) is 1.79. The zero-order chi connectivity index (χ0) is 8.27. The van der Waals surface area contributed by atoms with Gasteiger partial charge in [-0.1, -0.05) is 13.8 Å². The first kappa shape index (κ1) is 9.01. The molecule has 1 aliphatic carbocycles. The molecule has 0 aromatic heterocycles. The maximum absolute atomic E-state index is 5.18. The van der Waals surface area contributed by atoms with Crippen LogP contribution in [0.3, 0.4) is 0 Å². The Kier molecular flexibility index (Phi) is 3.34. The van der Waals surface area contributed by atoms with Gasteiger partial charge in [-0.2, -0.15) is 0 Å². The Bertz CT molecular complexity index is 108. The van der Waals surface area contributed by atoms with Crippen LogP contribution in [0.4, 0.5) is 0 Å². The van der Waals surface area contributed by atoms with Crippen LogP contribution in [-0.4, -0.2) is 25.8 Å². The number of hydrogen-bond donors (Lipinski definition) is 1. The van der Waals surface area contributed by atoms with E-state index in [0.717, 1.165) is 18.5 Å². The topological polar surface area (TPSA) is 21.3 Å². The molecule has 1 N–H and O–H groups in total. The summed E-state index contributed by atoms with van der Waals surface area (Å²) in [6.45, 7) is 5.61. The third-order valence-electron chi connectivity index (χ3n) is 2.24. The average Bonchev–Trinajstić information content (AvgIpc) is 1.84. The van der Waals surface area contributed by atoms with Crippen LogP contribution in [0.25, 0.3) is 0 Å². The molecule has 1 fully saturated rings. The molecule has 0 saturated heterocycles. The molecule has 0 aliphatic heterocycles. The highest BCUT2D eigenvalue weighted by Crippen LogP contribution is 2.22. The Morgan fingerprint density at radius 2 is 2.09 bits per heavy atom. The fourth-order valence-corrected chi connectivity index (χ4v) is 1.33. The van der Waals surface area contributed by atoms with Gasteiger partial charge < -0.3 is 10.1 Å². The Morgan fingerprint density at radius 3 is 2.55 bits per heavy atom. The summed E-state index contributed by atoms with van der Waals surface area (Å²) in [5, 5.41) is 3.50. The molecule has 0 bridgehead atoms. The van der Waals surface area contributed by atoms with E-state index in [1.54, 1.807) is 7.11 Å². The van der Waals surface area contributed by atoms with E-state index in [-0.39, 0.29) is 0 Å². The van der Waals surface area contributed by atoms with Gasteiger partial charge in [-0.3, -0.25) is 0 Å². The first-order chi connectivity index (χ1) is 5.22. The van der Waals surface area contributed by atoms with Crippen LogP contribution in [0.5, 0.6) is 0 Å². The van der Waals surface area contributed by atoms with Gasteiger partial charge in [-0.15, -0.1) is 0 Å². The van der Waals surface area contributed by atoms with E-state index >= 15 is 0 Å². The first-order valence-electron chi connectivity index (χ1n) is 4.48. The Hall–Kier alpha value is -0.0800. The van der Waals surface area contributed by atoms with Crippen LogP contribution in [0.2, 0.25) is 0 Å². The van der Waals surface area contributed by atoms with Gasteiger partial charge in [0.1, 0.15) is 0 Å². The van der Waals surface area contributed by atoms with Crippen LogP contribution in [0, 0.1) is 5.92 Å². The predicted molar refractivity (Wildman–Crippen MR) is 46.7 cm³/mol. The third kappa shape index (κ3) is 2.80. The van der Waals surface area contributed by atoms with Crippen molar-refractivity contribution in [1.29, 1.82) is 0 Å². The van der Waals surface area contributed by atoms with Gasteiger partial charge in [-0.05, 0) is 25.3 Å². The zero-order valence-electron chi connectivity index (χ0n) is 7.76. The summed E-state index contributed by atoms with van der Waals surface area (Å²) in [5.74, 6) is 0.761. The quantitative estimate of drug-likeness (QED) is 0.666. The van der Waals surface area contributed by atoms with Gasteiger partial charge >= 0.3 is 0 Å². The van der Waals surface area contributed by atoms with Crippen molar-refractivity contribution >= 4 is 0 Å². The largest absolute Gasteiger partial charge is 0.381 e. The number of methoxy groups -OCH3 is 1. The highest BCUT2D eigenvalue weighted by Gasteiger charge is 2.28. The minimum Gasteiger partial charge on any atom is -0.381 e. The highest BCUT2D eigenvalue weighted by molar-refractivity contribution is 4.85. The summed E-state index contributed by atoms with van der Waals surface area (Å²) in [4.78, 5) is 0. The van der Waals surface area contributed by atoms with E-state index in [9.17, 15) is 0 Å². The van der Waals surface area contributed by atoms with Gasteiger partial charge in [0.15, 0.2) is 0 Å². The van der Waals surface area contributed by atoms with E-state index in [1.165, 1.54) is 12.8 Å². The van der Waals surface area contributed by atoms with Gasteiger partial charge in [0.25, 0.3) is 0 Å². The summed E-state index contributed by atoms with van der Waals surface area (Å²) < 4.78 is 5.18. The van der Waals surface area contributed by atoms with Crippen molar-refractivity contribution in [3.05, 3.63) is 0 Å². The lowest BCUT2D eigenvalue weighted by molar-refractivity contribution is 0.0168. The SMILES string of the molecule is CO[C@H]1C[C@H](NCC(C)C)C1. The second-order valence-electron chi connectivity index (χ2n) is 3.83. The normalized spacial score (nSPS) is 30.5. The zero-order valence-corrected chi connectivity index (χ0v) is 7.76. The average molecular weight is 157 g/mol. The van der Waals surface area contributed by atoms with Crippen molar-refractivity contribution in [3.63, 3.8) is 0 Å². The molecular weight excluding hydrogens is 138 g/mol. The smallest absolute Gasteiger partial charge is 0.0601 e. The van der Waals surface area contributed by atoms with Crippen molar-refractivity contribution in [2.24, 2.45) is 5.92 Å². The first-order valence-corrected chi connectivity index (χ1v) is 4.48. The molecule has 1 rings (SSSR count). The van der Waals surface area contributed by atoms with Crippen molar-refractivity contribution in [1.82, 2.24) is 5.32 Å². The standard InChI is InChI=1S/C9H19NO/c1-7(2)6-10-8-4-9(5-8)11-3/h7-10H,4-6H2,1-3H3/t8-,9-. The van der Waals surface area contributed by atoms with E-state index in [4.69, 9.17) is 4.74 Å². The monoisotopic (exact) mass is 157 g/mol. The second kappa shape index (κ2) is 4.07. The minimum atomic E-state index is 0.527. The maximum atomic E-state index is 5.18. The van der Waals surface area contributed by atoms with Crippen molar-refractivity contribution in [3.8, 4) is 0 Å². The third-order valence-corrected chi connectivity index (χ3v) is 2.24. The van der Waals surface area contributed by atoms with Gasteiger partial charge in [-0.25, -0.2) is 0 Å². The number of nitrogens with one attached hydrogen (secondary N) is 1. The van der Waals surface area contributed by atoms with Crippen LogP contribution >= 0.6 is 0 Å². The van der Waals surface area contributed by atoms with E-state index in [1.807, 2.05) is 0 Å². The lowest BCUT2D eigenvalue weighted by Crippen LogP contribution is -2.46. The summed E-state index contributed by atoms with van der Waals surface area (Å²) in [6.07, 6.45) is 2.92. The maximum Gasteiger partial charge on any atom is 0.0601 e. The fourth-order valence-electron chi connectivity index (χ4n) is 1.33. The molecule has 0 radical (unpaired) electrons. The molecule has 0 unspecified atom stereocenters. The number of ether oxygens (including phenoxy) is 1.